The van der Waals surface area contributed by atoms with Crippen molar-refractivity contribution in [3.63, 3.8) is 0 Å². The summed E-state index contributed by atoms with van der Waals surface area (Å²) < 4.78 is 0. The molecule has 0 aliphatic heterocycles. The van der Waals surface area contributed by atoms with Gasteiger partial charge in [-0.2, -0.15) is 0 Å². The lowest BCUT2D eigenvalue weighted by Gasteiger charge is -2.98. The second-order valence-electron chi connectivity index (χ2n) is 10.9. The van der Waals surface area contributed by atoms with Crippen molar-refractivity contribution in [3.05, 3.63) is 0 Å². The molecule has 0 nitrogen and oxygen atoms in total. The van der Waals surface area contributed by atoms with Gasteiger partial charge in [-0.3, -0.25) is 0 Å². The minimum atomic E-state index is 0.813. The molecule has 13 atom stereocenters. The third kappa shape index (κ3) is 0.305. The van der Waals surface area contributed by atoms with Gasteiger partial charge in [-0.25, -0.2) is 0 Å². The fourth-order valence-corrected chi connectivity index (χ4v) is 14.1. The minimum absolute atomic E-state index is 0.813. The van der Waals surface area contributed by atoms with Crippen LogP contribution < -0.4 is 0 Å². The van der Waals surface area contributed by atoms with Crippen LogP contribution in [0.1, 0.15) is 39.5 Å². The smallest absolute Gasteiger partial charge is 0.0103 e. The molecule has 10 aliphatic carbocycles. The molecule has 10 rings (SSSR count). The highest BCUT2D eigenvalue weighted by Crippen LogP contribution is 3.18. The summed E-state index contributed by atoms with van der Waals surface area (Å²) in [6.07, 6.45) is 6.78. The molecule has 10 aliphatic rings. The Morgan fingerprint density at radius 3 is 1.79 bits per heavy atom. The van der Waals surface area contributed by atoms with E-state index in [-0.39, 0.29) is 0 Å². The van der Waals surface area contributed by atoms with Crippen molar-refractivity contribution in [2.45, 2.75) is 39.5 Å². The van der Waals surface area contributed by atoms with E-state index in [1.807, 2.05) is 0 Å². The molecule has 13 unspecified atom stereocenters. The Kier molecular flexibility index (Phi) is 0.687. The third-order valence-electron chi connectivity index (χ3n) is 13.1. The van der Waals surface area contributed by atoms with E-state index in [0.717, 1.165) is 27.1 Å². The van der Waals surface area contributed by atoms with E-state index in [4.69, 9.17) is 0 Å². The summed E-state index contributed by atoms with van der Waals surface area (Å²) in [5, 5.41) is 0. The van der Waals surface area contributed by atoms with Gasteiger partial charge in [0, 0.05) is 0 Å². The lowest BCUT2D eigenvalue weighted by atomic mass is 9.06. The lowest BCUT2D eigenvalue weighted by molar-refractivity contribution is -0.514. The Bertz CT molecular complexity index is 670. The largest absolute Gasteiger partial charge is 0.0585 e. The molecular formula is C19H22. The summed E-state index contributed by atoms with van der Waals surface area (Å²) in [6, 6.07) is 0. The van der Waals surface area contributed by atoms with Gasteiger partial charge in [0.25, 0.3) is 0 Å². The average molecular weight is 250 g/mol. The molecule has 10 fully saturated rings. The van der Waals surface area contributed by atoms with Gasteiger partial charge in [-0.1, -0.05) is 13.8 Å². The second kappa shape index (κ2) is 1.55. The van der Waals surface area contributed by atoms with Crippen molar-refractivity contribution in [2.24, 2.45) is 74.4 Å². The van der Waals surface area contributed by atoms with Crippen LogP contribution >= 0.6 is 0 Å². The van der Waals surface area contributed by atoms with Crippen molar-refractivity contribution in [1.29, 1.82) is 0 Å². The fraction of sp³-hybridized carbons (Fsp3) is 1.00. The highest BCUT2D eigenvalue weighted by atomic mass is 15.2. The molecule has 98 valence electrons. The zero-order chi connectivity index (χ0) is 11.9. The van der Waals surface area contributed by atoms with E-state index < -0.39 is 0 Å². The van der Waals surface area contributed by atoms with Crippen LogP contribution in [0.3, 0.4) is 0 Å². The highest BCUT2D eigenvalue weighted by Gasteiger charge is 3.14. The maximum atomic E-state index is 2.83. The Morgan fingerprint density at radius 1 is 0.579 bits per heavy atom. The van der Waals surface area contributed by atoms with Crippen molar-refractivity contribution in [1.82, 2.24) is 0 Å². The van der Waals surface area contributed by atoms with Crippen molar-refractivity contribution >= 4 is 0 Å². The molecule has 0 N–H and O–H groups in total. The Labute approximate surface area is 114 Å². The van der Waals surface area contributed by atoms with Crippen LogP contribution in [0.5, 0.6) is 0 Å². The third-order valence-corrected chi connectivity index (χ3v) is 13.1. The van der Waals surface area contributed by atoms with Crippen LogP contribution in [-0.4, -0.2) is 0 Å². The van der Waals surface area contributed by atoms with Gasteiger partial charge in [-0.15, -0.1) is 0 Å². The van der Waals surface area contributed by atoms with Gasteiger partial charge in [0.2, 0.25) is 0 Å². The number of hydrogen-bond donors (Lipinski definition) is 0. The quantitative estimate of drug-likeness (QED) is 0.616. The Hall–Kier alpha value is 0. The molecule has 0 heteroatoms. The fourth-order valence-electron chi connectivity index (χ4n) is 14.1. The van der Waals surface area contributed by atoms with Crippen LogP contribution in [0.15, 0.2) is 0 Å². The van der Waals surface area contributed by atoms with Crippen molar-refractivity contribution in [3.8, 4) is 0 Å². The minimum Gasteiger partial charge on any atom is -0.0585 e. The first-order valence-electron chi connectivity index (χ1n) is 9.15. The molecule has 0 aromatic rings. The zero-order valence-electron chi connectivity index (χ0n) is 11.9. The summed E-state index contributed by atoms with van der Waals surface area (Å²) >= 11 is 0. The van der Waals surface area contributed by atoms with Gasteiger partial charge >= 0.3 is 0 Å². The molecule has 3 spiro atoms. The summed E-state index contributed by atoms with van der Waals surface area (Å²) in [5.74, 6) is 9.90. The van der Waals surface area contributed by atoms with Crippen LogP contribution in [-0.2, 0) is 0 Å². The van der Waals surface area contributed by atoms with Crippen LogP contribution in [0, 0.1) is 74.4 Å². The van der Waals surface area contributed by atoms with Gasteiger partial charge < -0.3 is 0 Å². The molecule has 0 saturated heterocycles. The molecule has 19 heavy (non-hydrogen) atoms. The maximum Gasteiger partial charge on any atom is -0.0103 e. The lowest BCUT2D eigenvalue weighted by Crippen LogP contribution is -2.94. The predicted molar refractivity (Wildman–Crippen MR) is 69.9 cm³/mol. The van der Waals surface area contributed by atoms with Gasteiger partial charge in [0.1, 0.15) is 0 Å². The van der Waals surface area contributed by atoms with Crippen LogP contribution in [0.4, 0.5) is 0 Å². The number of fused-ring (bicyclic) bond motifs is 1. The molecule has 0 heterocycles. The van der Waals surface area contributed by atoms with Gasteiger partial charge in [0.05, 0.1) is 0 Å². The molecule has 0 radical (unpaired) electrons. The first-order valence-corrected chi connectivity index (χ1v) is 9.15. The first-order chi connectivity index (χ1) is 9.15. The highest BCUT2D eigenvalue weighted by molar-refractivity contribution is 5.60. The van der Waals surface area contributed by atoms with Crippen LogP contribution in [0.2, 0.25) is 0 Å². The molecule has 6 bridgehead atoms. The zero-order valence-corrected chi connectivity index (χ0v) is 11.9. The maximum absolute atomic E-state index is 2.83. The van der Waals surface area contributed by atoms with E-state index in [2.05, 4.69) is 13.8 Å². The molecule has 10 saturated carbocycles. The normalized spacial score (nSPS) is 101. The Balaban J connectivity index is 1.62. The van der Waals surface area contributed by atoms with Crippen molar-refractivity contribution < 1.29 is 0 Å². The molecule has 0 amide bonds. The Morgan fingerprint density at radius 2 is 1.05 bits per heavy atom. The monoisotopic (exact) mass is 250 g/mol. The van der Waals surface area contributed by atoms with Crippen LogP contribution in [0.25, 0.3) is 0 Å². The summed E-state index contributed by atoms with van der Waals surface area (Å²) in [4.78, 5) is 0. The number of rotatable bonds is 0. The van der Waals surface area contributed by atoms with Gasteiger partial charge in [0.15, 0.2) is 0 Å². The topological polar surface area (TPSA) is 0 Å². The van der Waals surface area contributed by atoms with E-state index in [1.165, 1.54) is 47.3 Å². The van der Waals surface area contributed by atoms with Gasteiger partial charge in [-0.05, 0) is 100 Å². The summed E-state index contributed by atoms with van der Waals surface area (Å²) in [6.45, 7) is 5.65. The number of hydrogen-bond acceptors (Lipinski definition) is 0. The molecule has 0 aromatic carbocycles. The summed E-state index contributed by atoms with van der Waals surface area (Å²) in [7, 11) is 0. The summed E-state index contributed by atoms with van der Waals surface area (Å²) in [5.41, 5.74) is 4.59. The second-order valence-corrected chi connectivity index (χ2v) is 10.9. The first kappa shape index (κ1) is 8.44. The predicted octanol–water partition coefficient (Wildman–Crippen LogP) is 3.57. The molecular weight excluding hydrogens is 228 g/mol. The standard InChI is InChI=1S/C19H22/c1-15-11-5-9-10-6-14-16(15,2)13-4-8-7-3-12(15)18(8,13)19(10,14)17(7,9)11/h7-14H,3-6H2,1-2H3. The van der Waals surface area contributed by atoms with E-state index in [9.17, 15) is 0 Å². The average Bonchev–Trinajstić information content (AvgIpc) is 2.73. The van der Waals surface area contributed by atoms with Crippen molar-refractivity contribution in [2.75, 3.05) is 0 Å². The SMILES string of the molecule is CC12C3CC4C5CC6C1(C)C1CC7C8CC2C71C56C843. The van der Waals surface area contributed by atoms with E-state index in [0.29, 0.717) is 0 Å². The van der Waals surface area contributed by atoms with E-state index in [1.54, 1.807) is 25.7 Å². The van der Waals surface area contributed by atoms with E-state index >= 15 is 0 Å². The molecule has 0 aromatic heterocycles.